The van der Waals surface area contributed by atoms with Crippen LogP contribution in [0.1, 0.15) is 0 Å². The topological polar surface area (TPSA) is 16.4 Å². The Hall–Kier alpha value is -7.16. The summed E-state index contributed by atoms with van der Waals surface area (Å²) in [7, 11) is 0. The smallest absolute Gasteiger partial charge is 0.135 e. The zero-order chi connectivity index (χ0) is 35.8. The molecule has 0 fully saturated rings. The van der Waals surface area contributed by atoms with Gasteiger partial charge in [0.15, 0.2) is 0 Å². The molecule has 1 heterocycles. The van der Waals surface area contributed by atoms with Crippen molar-refractivity contribution in [2.24, 2.45) is 0 Å². The highest BCUT2D eigenvalue weighted by Crippen LogP contribution is 2.42. The van der Waals surface area contributed by atoms with Crippen LogP contribution in [-0.2, 0) is 0 Å². The predicted octanol–water partition coefficient (Wildman–Crippen LogP) is 14.9. The van der Waals surface area contributed by atoms with Crippen molar-refractivity contribution in [3.63, 3.8) is 0 Å². The first-order chi connectivity index (χ1) is 26.7. The Morgan fingerprint density at radius 3 is 1.61 bits per heavy atom. The molecule has 0 aliphatic rings. The lowest BCUT2D eigenvalue weighted by molar-refractivity contribution is 0.669. The van der Waals surface area contributed by atoms with E-state index in [-0.39, 0.29) is 0 Å². The summed E-state index contributed by atoms with van der Waals surface area (Å²) in [5.74, 6) is 0. The van der Waals surface area contributed by atoms with Crippen LogP contribution in [0.5, 0.6) is 0 Å². The third kappa shape index (κ3) is 5.81. The number of hydrogen-bond donors (Lipinski definition) is 0. The number of anilines is 3. The van der Waals surface area contributed by atoms with Crippen molar-refractivity contribution in [1.82, 2.24) is 0 Å². The van der Waals surface area contributed by atoms with Gasteiger partial charge in [-0.1, -0.05) is 152 Å². The van der Waals surface area contributed by atoms with Gasteiger partial charge in [0.25, 0.3) is 0 Å². The second-order valence-electron chi connectivity index (χ2n) is 13.8. The molecule has 0 spiro atoms. The van der Waals surface area contributed by atoms with Crippen molar-refractivity contribution >= 4 is 49.8 Å². The molecule has 0 aliphatic carbocycles. The van der Waals surface area contributed by atoms with Crippen molar-refractivity contribution in [1.29, 1.82) is 0 Å². The molecule has 0 aliphatic heterocycles. The molecule has 54 heavy (non-hydrogen) atoms. The first-order valence-corrected chi connectivity index (χ1v) is 18.4. The second kappa shape index (κ2) is 13.4. The maximum atomic E-state index is 6.11. The van der Waals surface area contributed by atoms with Crippen molar-refractivity contribution < 1.29 is 4.42 Å². The summed E-state index contributed by atoms with van der Waals surface area (Å²) < 4.78 is 6.11. The number of hydrogen-bond acceptors (Lipinski definition) is 2. The maximum Gasteiger partial charge on any atom is 0.135 e. The average Bonchev–Trinajstić information content (AvgIpc) is 3.63. The number of fused-ring (bicyclic) bond motifs is 4. The lowest BCUT2D eigenvalue weighted by Gasteiger charge is -2.28. The fourth-order valence-electron chi connectivity index (χ4n) is 7.72. The van der Waals surface area contributed by atoms with Crippen LogP contribution >= 0.6 is 0 Å². The Bertz CT molecular complexity index is 2920. The molecule has 0 bridgehead atoms. The lowest BCUT2D eigenvalue weighted by atomic mass is 9.97. The quantitative estimate of drug-likeness (QED) is 0.166. The van der Waals surface area contributed by atoms with Crippen LogP contribution in [0, 0.1) is 0 Å². The first-order valence-electron chi connectivity index (χ1n) is 18.4. The highest BCUT2D eigenvalue weighted by molar-refractivity contribution is 6.06. The Balaban J connectivity index is 1.03. The second-order valence-corrected chi connectivity index (χ2v) is 13.8. The van der Waals surface area contributed by atoms with E-state index in [2.05, 4.69) is 205 Å². The molecule has 0 radical (unpaired) electrons. The number of nitrogens with zero attached hydrogens (tertiary/aromatic N) is 1. The van der Waals surface area contributed by atoms with Crippen LogP contribution in [0.3, 0.4) is 0 Å². The van der Waals surface area contributed by atoms with Crippen LogP contribution in [0.15, 0.2) is 217 Å². The van der Waals surface area contributed by atoms with Gasteiger partial charge in [0.1, 0.15) is 11.2 Å². The van der Waals surface area contributed by atoms with E-state index in [0.717, 1.165) is 50.1 Å². The summed E-state index contributed by atoms with van der Waals surface area (Å²) in [6.45, 7) is 0. The Kier molecular flexibility index (Phi) is 7.85. The Morgan fingerprint density at radius 2 is 0.833 bits per heavy atom. The molecule has 2 heteroatoms. The Labute approximate surface area is 314 Å². The minimum atomic E-state index is 0.907. The van der Waals surface area contributed by atoms with E-state index in [1.807, 2.05) is 12.1 Å². The van der Waals surface area contributed by atoms with E-state index < -0.39 is 0 Å². The van der Waals surface area contributed by atoms with E-state index in [0.29, 0.717) is 0 Å². The van der Waals surface area contributed by atoms with Gasteiger partial charge in [0, 0.05) is 27.7 Å². The predicted molar refractivity (Wildman–Crippen MR) is 228 cm³/mol. The van der Waals surface area contributed by atoms with Crippen LogP contribution in [0.4, 0.5) is 17.1 Å². The van der Waals surface area contributed by atoms with E-state index >= 15 is 0 Å². The molecule has 10 aromatic rings. The molecule has 0 amide bonds. The van der Waals surface area contributed by atoms with Gasteiger partial charge in [-0.2, -0.15) is 0 Å². The first kappa shape index (κ1) is 31.6. The number of benzene rings is 9. The molecule has 0 saturated carbocycles. The molecule has 0 unspecified atom stereocenters. The van der Waals surface area contributed by atoms with Crippen LogP contribution < -0.4 is 4.90 Å². The van der Waals surface area contributed by atoms with Gasteiger partial charge in [-0.3, -0.25) is 0 Å². The minimum absolute atomic E-state index is 0.907. The molecule has 254 valence electrons. The maximum absolute atomic E-state index is 6.11. The van der Waals surface area contributed by atoms with Crippen LogP contribution in [0.25, 0.3) is 77.2 Å². The van der Waals surface area contributed by atoms with Crippen LogP contribution in [0.2, 0.25) is 0 Å². The van der Waals surface area contributed by atoms with E-state index in [1.165, 1.54) is 44.2 Å². The highest BCUT2D eigenvalue weighted by atomic mass is 16.3. The molecule has 10 rings (SSSR count). The molecule has 0 N–H and O–H groups in total. The third-order valence-electron chi connectivity index (χ3n) is 10.5. The molecule has 0 atom stereocenters. The molecular weight excluding hydrogens is 655 g/mol. The number of rotatable bonds is 7. The SMILES string of the molecule is c1ccc(-c2ccccc2N(c2ccc(-c3cccc(-c4ccc5ccccc5c4)c3)cc2)c2ccc(-c3ccc4oc5ccccc5c4c3)cc2)cc1. The summed E-state index contributed by atoms with van der Waals surface area (Å²) >= 11 is 0. The van der Waals surface area contributed by atoms with Gasteiger partial charge in [0.05, 0.1) is 5.69 Å². The third-order valence-corrected chi connectivity index (χ3v) is 10.5. The summed E-state index contributed by atoms with van der Waals surface area (Å²) in [5.41, 5.74) is 14.6. The summed E-state index contributed by atoms with van der Waals surface area (Å²) in [5, 5.41) is 4.78. The van der Waals surface area contributed by atoms with E-state index in [1.54, 1.807) is 0 Å². The summed E-state index contributed by atoms with van der Waals surface area (Å²) in [6, 6.07) is 76.0. The molecule has 2 nitrogen and oxygen atoms in total. The zero-order valence-corrected chi connectivity index (χ0v) is 29.6. The van der Waals surface area contributed by atoms with E-state index in [4.69, 9.17) is 4.42 Å². The van der Waals surface area contributed by atoms with Crippen molar-refractivity contribution in [2.75, 3.05) is 4.90 Å². The van der Waals surface area contributed by atoms with Crippen molar-refractivity contribution in [2.45, 2.75) is 0 Å². The minimum Gasteiger partial charge on any atom is -0.456 e. The standard InChI is InChI=1S/C52H35NO/c1-2-12-39(13-3-1)47-17-6-8-19-50(47)53(46-30-25-38(26-31-46)44-27-32-52-49(35-44)48-18-7-9-20-51(48)54-52)45-28-23-37(24-29-45)41-15-10-16-42(33-41)43-22-21-36-11-4-5-14-40(36)34-43/h1-35H. The number of furan rings is 1. The highest BCUT2D eigenvalue weighted by Gasteiger charge is 2.18. The zero-order valence-electron chi connectivity index (χ0n) is 29.6. The summed E-state index contributed by atoms with van der Waals surface area (Å²) in [4.78, 5) is 2.37. The van der Waals surface area contributed by atoms with Gasteiger partial charge in [0.2, 0.25) is 0 Å². The van der Waals surface area contributed by atoms with Gasteiger partial charge in [-0.05, 0) is 110 Å². The van der Waals surface area contributed by atoms with Gasteiger partial charge in [-0.15, -0.1) is 0 Å². The van der Waals surface area contributed by atoms with E-state index in [9.17, 15) is 0 Å². The molecule has 0 saturated heterocycles. The fourth-order valence-corrected chi connectivity index (χ4v) is 7.72. The number of para-hydroxylation sites is 2. The molecular formula is C52H35NO. The molecule has 9 aromatic carbocycles. The monoisotopic (exact) mass is 689 g/mol. The normalized spacial score (nSPS) is 11.3. The van der Waals surface area contributed by atoms with Crippen molar-refractivity contribution in [3.05, 3.63) is 212 Å². The van der Waals surface area contributed by atoms with Crippen molar-refractivity contribution in [3.8, 4) is 44.5 Å². The van der Waals surface area contributed by atoms with Gasteiger partial charge >= 0.3 is 0 Å². The van der Waals surface area contributed by atoms with Gasteiger partial charge in [-0.25, -0.2) is 0 Å². The average molecular weight is 690 g/mol. The summed E-state index contributed by atoms with van der Waals surface area (Å²) in [6.07, 6.45) is 0. The van der Waals surface area contributed by atoms with Gasteiger partial charge < -0.3 is 9.32 Å². The largest absolute Gasteiger partial charge is 0.456 e. The Morgan fingerprint density at radius 1 is 0.296 bits per heavy atom. The fraction of sp³-hybridized carbons (Fsp3) is 0. The molecule has 1 aromatic heterocycles. The van der Waals surface area contributed by atoms with Crippen LogP contribution in [-0.4, -0.2) is 0 Å². The lowest BCUT2D eigenvalue weighted by Crippen LogP contribution is -2.11.